The van der Waals surface area contributed by atoms with E-state index in [-0.39, 0.29) is 23.4 Å². The molecule has 1 amide bonds. The van der Waals surface area contributed by atoms with Gasteiger partial charge in [0.2, 0.25) is 5.91 Å². The number of halogens is 1. The second-order valence-electron chi connectivity index (χ2n) is 6.87. The van der Waals surface area contributed by atoms with Crippen LogP contribution in [0.1, 0.15) is 39.4 Å². The SMILES string of the molecule is Cc1nn([C@@H](C)C(=O)N[C@@H](Cn2cccn2)C(C)(C)C)cc1Br. The average Bonchev–Trinajstić information content (AvgIpc) is 3.07. The number of carbonyl (C=O) groups is 1. The monoisotopic (exact) mass is 381 g/mol. The molecular formula is C16H24BrN5O. The van der Waals surface area contributed by atoms with Crippen molar-refractivity contribution < 1.29 is 4.79 Å². The maximum Gasteiger partial charge on any atom is 0.244 e. The fourth-order valence-corrected chi connectivity index (χ4v) is 2.49. The summed E-state index contributed by atoms with van der Waals surface area (Å²) in [7, 11) is 0. The zero-order valence-electron chi connectivity index (χ0n) is 14.2. The first-order valence-corrected chi connectivity index (χ1v) is 8.47. The van der Waals surface area contributed by atoms with E-state index in [4.69, 9.17) is 0 Å². The Balaban J connectivity index is 2.10. The van der Waals surface area contributed by atoms with Gasteiger partial charge in [0.25, 0.3) is 0 Å². The third-order valence-electron chi connectivity index (χ3n) is 3.92. The maximum atomic E-state index is 12.6. The second kappa shape index (κ2) is 6.86. The molecule has 7 heteroatoms. The van der Waals surface area contributed by atoms with Crippen molar-refractivity contribution in [3.8, 4) is 0 Å². The Bertz CT molecular complexity index is 637. The number of nitrogens with zero attached hydrogens (tertiary/aromatic N) is 4. The van der Waals surface area contributed by atoms with E-state index < -0.39 is 0 Å². The molecule has 0 aliphatic rings. The molecular weight excluding hydrogens is 358 g/mol. The van der Waals surface area contributed by atoms with Crippen molar-refractivity contribution in [1.82, 2.24) is 24.9 Å². The summed E-state index contributed by atoms with van der Waals surface area (Å²) >= 11 is 3.43. The topological polar surface area (TPSA) is 64.7 Å². The van der Waals surface area contributed by atoms with Gasteiger partial charge in [-0.05, 0) is 41.3 Å². The Labute approximate surface area is 145 Å². The molecule has 0 fully saturated rings. The van der Waals surface area contributed by atoms with Gasteiger partial charge >= 0.3 is 0 Å². The highest BCUT2D eigenvalue weighted by atomic mass is 79.9. The molecule has 6 nitrogen and oxygen atoms in total. The molecule has 0 radical (unpaired) electrons. The molecule has 2 heterocycles. The van der Waals surface area contributed by atoms with Gasteiger partial charge in [0.1, 0.15) is 6.04 Å². The first-order chi connectivity index (χ1) is 10.7. The molecule has 126 valence electrons. The van der Waals surface area contributed by atoms with Gasteiger partial charge in [0.15, 0.2) is 0 Å². The van der Waals surface area contributed by atoms with Gasteiger partial charge in [0, 0.05) is 18.6 Å². The van der Waals surface area contributed by atoms with Crippen LogP contribution in [0, 0.1) is 12.3 Å². The number of nitrogens with one attached hydrogen (secondary N) is 1. The lowest BCUT2D eigenvalue weighted by atomic mass is 9.86. The minimum atomic E-state index is -0.373. The Hall–Kier alpha value is -1.63. The van der Waals surface area contributed by atoms with Crippen molar-refractivity contribution >= 4 is 21.8 Å². The van der Waals surface area contributed by atoms with E-state index in [1.807, 2.05) is 37.0 Å². The lowest BCUT2D eigenvalue weighted by molar-refractivity contribution is -0.125. The van der Waals surface area contributed by atoms with Crippen LogP contribution in [0.4, 0.5) is 0 Å². The van der Waals surface area contributed by atoms with Crippen LogP contribution in [-0.4, -0.2) is 31.5 Å². The molecule has 0 spiro atoms. The van der Waals surface area contributed by atoms with Gasteiger partial charge in [-0.1, -0.05) is 20.8 Å². The summed E-state index contributed by atoms with van der Waals surface area (Å²) in [5.41, 5.74) is 0.788. The predicted octanol–water partition coefficient (Wildman–Crippen LogP) is 2.94. The van der Waals surface area contributed by atoms with Crippen molar-refractivity contribution in [2.75, 3.05) is 0 Å². The second-order valence-corrected chi connectivity index (χ2v) is 7.73. The fraction of sp³-hybridized carbons (Fsp3) is 0.562. The molecule has 0 saturated carbocycles. The summed E-state index contributed by atoms with van der Waals surface area (Å²) in [5, 5.41) is 11.8. The maximum absolute atomic E-state index is 12.6. The minimum Gasteiger partial charge on any atom is -0.349 e. The fourth-order valence-electron chi connectivity index (χ4n) is 2.20. The van der Waals surface area contributed by atoms with Crippen molar-refractivity contribution in [3.63, 3.8) is 0 Å². The first kappa shape index (κ1) is 17.7. The van der Waals surface area contributed by atoms with Crippen LogP contribution in [-0.2, 0) is 11.3 Å². The Morgan fingerprint density at radius 1 is 1.43 bits per heavy atom. The molecule has 0 aliphatic carbocycles. The Morgan fingerprint density at radius 3 is 2.61 bits per heavy atom. The van der Waals surface area contributed by atoms with E-state index in [0.29, 0.717) is 6.54 Å². The molecule has 23 heavy (non-hydrogen) atoms. The highest BCUT2D eigenvalue weighted by Crippen LogP contribution is 2.22. The number of carbonyl (C=O) groups excluding carboxylic acids is 1. The molecule has 2 aromatic heterocycles. The van der Waals surface area contributed by atoms with E-state index in [9.17, 15) is 4.79 Å². The molecule has 0 saturated heterocycles. The smallest absolute Gasteiger partial charge is 0.244 e. The van der Waals surface area contributed by atoms with Crippen LogP contribution in [0.25, 0.3) is 0 Å². The number of rotatable bonds is 5. The van der Waals surface area contributed by atoms with Gasteiger partial charge in [-0.2, -0.15) is 10.2 Å². The van der Waals surface area contributed by atoms with Crippen molar-refractivity contribution in [1.29, 1.82) is 0 Å². The quantitative estimate of drug-likeness (QED) is 0.865. The van der Waals surface area contributed by atoms with Gasteiger partial charge in [-0.25, -0.2) is 0 Å². The van der Waals surface area contributed by atoms with E-state index in [1.54, 1.807) is 10.9 Å². The molecule has 2 atom stereocenters. The number of hydrogen-bond donors (Lipinski definition) is 1. The molecule has 1 N–H and O–H groups in total. The van der Waals surface area contributed by atoms with Crippen LogP contribution < -0.4 is 5.32 Å². The molecule has 2 rings (SSSR count). The Morgan fingerprint density at radius 2 is 2.13 bits per heavy atom. The largest absolute Gasteiger partial charge is 0.349 e. The van der Waals surface area contributed by atoms with Crippen LogP contribution in [0.5, 0.6) is 0 Å². The number of hydrogen-bond acceptors (Lipinski definition) is 3. The zero-order valence-corrected chi connectivity index (χ0v) is 15.8. The van der Waals surface area contributed by atoms with Crippen LogP contribution in [0.15, 0.2) is 29.1 Å². The van der Waals surface area contributed by atoms with Gasteiger partial charge in [-0.15, -0.1) is 0 Å². The highest BCUT2D eigenvalue weighted by molar-refractivity contribution is 9.10. The summed E-state index contributed by atoms with van der Waals surface area (Å²) < 4.78 is 4.43. The van der Waals surface area contributed by atoms with E-state index in [2.05, 4.69) is 52.2 Å². The van der Waals surface area contributed by atoms with Crippen molar-refractivity contribution in [2.45, 2.75) is 53.2 Å². The summed E-state index contributed by atoms with van der Waals surface area (Å²) in [6, 6.07) is 1.48. The molecule has 0 aromatic carbocycles. The van der Waals surface area contributed by atoms with Crippen molar-refractivity contribution in [3.05, 3.63) is 34.8 Å². The molecule has 2 aromatic rings. The van der Waals surface area contributed by atoms with Gasteiger partial charge in [-0.3, -0.25) is 14.2 Å². The molecule has 0 bridgehead atoms. The predicted molar refractivity (Wildman–Crippen MR) is 93.0 cm³/mol. The lowest BCUT2D eigenvalue weighted by Gasteiger charge is -2.32. The first-order valence-electron chi connectivity index (χ1n) is 7.67. The van der Waals surface area contributed by atoms with Crippen LogP contribution in [0.3, 0.4) is 0 Å². The van der Waals surface area contributed by atoms with E-state index in [1.165, 1.54) is 0 Å². The summed E-state index contributed by atoms with van der Waals surface area (Å²) in [6.07, 6.45) is 5.48. The van der Waals surface area contributed by atoms with Gasteiger partial charge in [0.05, 0.1) is 22.8 Å². The molecule has 0 unspecified atom stereocenters. The van der Waals surface area contributed by atoms with E-state index >= 15 is 0 Å². The van der Waals surface area contributed by atoms with Crippen LogP contribution >= 0.6 is 15.9 Å². The van der Waals surface area contributed by atoms with Crippen molar-refractivity contribution in [2.24, 2.45) is 5.41 Å². The Kier molecular flexibility index (Phi) is 5.29. The zero-order chi connectivity index (χ0) is 17.2. The normalized spacial score (nSPS) is 14.5. The number of amides is 1. The summed E-state index contributed by atoms with van der Waals surface area (Å²) in [5.74, 6) is -0.0490. The van der Waals surface area contributed by atoms with E-state index in [0.717, 1.165) is 10.2 Å². The van der Waals surface area contributed by atoms with Crippen LogP contribution in [0.2, 0.25) is 0 Å². The summed E-state index contributed by atoms with van der Waals surface area (Å²) in [4.78, 5) is 12.6. The highest BCUT2D eigenvalue weighted by Gasteiger charge is 2.29. The number of aromatic nitrogens is 4. The third kappa shape index (κ3) is 4.43. The van der Waals surface area contributed by atoms with Gasteiger partial charge < -0.3 is 5.32 Å². The molecule has 0 aliphatic heterocycles. The lowest BCUT2D eigenvalue weighted by Crippen LogP contribution is -2.48. The standard InChI is InChI=1S/C16H24BrN5O/c1-11-13(17)9-22(20-11)12(2)15(23)19-14(16(3,4)5)10-21-8-6-7-18-21/h6-9,12,14H,10H2,1-5H3,(H,19,23)/t12-,14-/m0/s1. The summed E-state index contributed by atoms with van der Waals surface area (Å²) in [6.45, 7) is 10.7. The number of aryl methyl sites for hydroxylation is 1. The third-order valence-corrected chi connectivity index (χ3v) is 4.70. The average molecular weight is 382 g/mol. The minimum absolute atomic E-state index is 0.0301.